The summed E-state index contributed by atoms with van der Waals surface area (Å²) >= 11 is 1.44. The molecule has 2 unspecified atom stereocenters. The molecule has 8 heteroatoms. The summed E-state index contributed by atoms with van der Waals surface area (Å²) in [6.45, 7) is 2.01. The van der Waals surface area contributed by atoms with Crippen molar-refractivity contribution in [1.82, 2.24) is 0 Å². The van der Waals surface area contributed by atoms with Crippen molar-refractivity contribution >= 4 is 32.5 Å². The Labute approximate surface area is 161 Å². The number of hydrogen-bond donors (Lipinski definition) is 0. The number of anilines is 1. The second kappa shape index (κ2) is 6.91. The Morgan fingerprint density at radius 3 is 2.74 bits per heavy atom. The Morgan fingerprint density at radius 1 is 1.19 bits per heavy atom. The Hall–Kier alpha value is -1.93. The normalized spacial score (nSPS) is 23.4. The van der Waals surface area contributed by atoms with Gasteiger partial charge in [-0.1, -0.05) is 41.6 Å². The number of aliphatic imine (C=N–C) groups is 1. The van der Waals surface area contributed by atoms with E-state index in [2.05, 4.69) is 11.1 Å². The summed E-state index contributed by atoms with van der Waals surface area (Å²) in [5.41, 5.74) is 2.41. The zero-order valence-electron chi connectivity index (χ0n) is 14.6. The first-order valence-electron chi connectivity index (χ1n) is 8.53. The lowest BCUT2D eigenvalue weighted by Gasteiger charge is -2.26. The van der Waals surface area contributed by atoms with Crippen molar-refractivity contribution in [2.24, 2.45) is 4.99 Å². The van der Waals surface area contributed by atoms with Crippen molar-refractivity contribution in [2.45, 2.75) is 24.8 Å². The van der Waals surface area contributed by atoms with Gasteiger partial charge in [-0.25, -0.2) is 17.2 Å². The van der Waals surface area contributed by atoms with E-state index in [-0.39, 0.29) is 17.2 Å². The molecule has 2 aliphatic rings. The van der Waals surface area contributed by atoms with Crippen molar-refractivity contribution in [3.8, 4) is 0 Å². The number of thioether (sulfide) groups is 1. The van der Waals surface area contributed by atoms with Crippen LogP contribution in [0.5, 0.6) is 0 Å². The van der Waals surface area contributed by atoms with Gasteiger partial charge in [0.1, 0.15) is 11.6 Å². The second-order valence-corrected chi connectivity index (χ2v) is 9.96. The van der Waals surface area contributed by atoms with Gasteiger partial charge in [0, 0.05) is 11.8 Å². The van der Waals surface area contributed by atoms with Crippen LogP contribution in [0.25, 0.3) is 0 Å². The third kappa shape index (κ3) is 3.73. The minimum Gasteiger partial charge on any atom is -0.312 e. The molecule has 4 nitrogen and oxygen atoms in total. The fraction of sp³-hybridized carbons (Fsp3) is 0.316. The highest BCUT2D eigenvalue weighted by molar-refractivity contribution is 8.13. The van der Waals surface area contributed by atoms with Crippen molar-refractivity contribution in [1.29, 1.82) is 0 Å². The zero-order valence-corrected chi connectivity index (χ0v) is 16.2. The van der Waals surface area contributed by atoms with Gasteiger partial charge in [-0.2, -0.15) is 0 Å². The van der Waals surface area contributed by atoms with E-state index in [1.54, 1.807) is 4.90 Å². The summed E-state index contributed by atoms with van der Waals surface area (Å²) in [5, 5.41) is 0.576. The standard InChI is InChI=1S/C19H18F2N2O2S2/c1-12-3-2-4-13(7-12)9-26-19-22-16-10-27(24,25)11-18(16)23(19)17-6-5-14(20)8-15(17)21/h2-8,16,18H,9-11H2,1H3. The molecule has 0 saturated carbocycles. The molecule has 1 saturated heterocycles. The highest BCUT2D eigenvalue weighted by Crippen LogP contribution is 2.37. The monoisotopic (exact) mass is 408 g/mol. The minimum atomic E-state index is -3.22. The van der Waals surface area contributed by atoms with Crippen LogP contribution in [0, 0.1) is 18.6 Å². The van der Waals surface area contributed by atoms with Crippen LogP contribution in [-0.4, -0.2) is 37.2 Å². The first-order valence-corrected chi connectivity index (χ1v) is 11.3. The van der Waals surface area contributed by atoms with Gasteiger partial charge in [0.25, 0.3) is 0 Å². The van der Waals surface area contributed by atoms with Crippen LogP contribution in [0.15, 0.2) is 47.5 Å². The quantitative estimate of drug-likeness (QED) is 0.779. The van der Waals surface area contributed by atoms with Gasteiger partial charge < -0.3 is 4.90 Å². The van der Waals surface area contributed by atoms with Crippen LogP contribution in [0.2, 0.25) is 0 Å². The molecule has 0 N–H and O–H groups in total. The van der Waals surface area contributed by atoms with Gasteiger partial charge in [0.2, 0.25) is 0 Å². The number of amidine groups is 1. The lowest BCUT2D eigenvalue weighted by Crippen LogP contribution is -2.39. The van der Waals surface area contributed by atoms with Crippen molar-refractivity contribution in [2.75, 3.05) is 16.4 Å². The van der Waals surface area contributed by atoms with Crippen molar-refractivity contribution in [3.63, 3.8) is 0 Å². The van der Waals surface area contributed by atoms with Crippen molar-refractivity contribution < 1.29 is 17.2 Å². The molecule has 4 rings (SSSR count). The smallest absolute Gasteiger partial charge is 0.164 e. The van der Waals surface area contributed by atoms with Crippen molar-refractivity contribution in [3.05, 3.63) is 65.2 Å². The van der Waals surface area contributed by atoms with E-state index in [4.69, 9.17) is 0 Å². The average molecular weight is 408 g/mol. The minimum absolute atomic E-state index is 0.0362. The summed E-state index contributed by atoms with van der Waals surface area (Å²) in [7, 11) is -3.22. The van der Waals surface area contributed by atoms with Gasteiger partial charge >= 0.3 is 0 Å². The second-order valence-electron chi connectivity index (χ2n) is 6.87. The first-order chi connectivity index (χ1) is 12.8. The van der Waals surface area contributed by atoms with Crippen LogP contribution in [0.3, 0.4) is 0 Å². The Balaban J connectivity index is 1.65. The SMILES string of the molecule is Cc1cccc(CSC2=NC3CS(=O)(=O)CC3N2c2ccc(F)cc2F)c1. The largest absolute Gasteiger partial charge is 0.312 e. The van der Waals surface area contributed by atoms with Gasteiger partial charge in [0.15, 0.2) is 15.0 Å². The van der Waals surface area contributed by atoms with E-state index >= 15 is 0 Å². The van der Waals surface area contributed by atoms with Crippen LogP contribution in [0.4, 0.5) is 14.5 Å². The Bertz CT molecular complexity index is 1020. The number of fused-ring (bicyclic) bond motifs is 1. The predicted octanol–water partition coefficient (Wildman–Crippen LogP) is 3.55. The number of halogens is 2. The summed E-state index contributed by atoms with van der Waals surface area (Å²) in [6.07, 6.45) is 0. The maximum atomic E-state index is 14.4. The first kappa shape index (κ1) is 18.4. The molecule has 0 aliphatic carbocycles. The molecule has 0 spiro atoms. The molecule has 0 radical (unpaired) electrons. The highest BCUT2D eigenvalue weighted by atomic mass is 32.2. The van der Waals surface area contributed by atoms with E-state index in [1.807, 2.05) is 25.1 Å². The molecule has 2 aliphatic heterocycles. The van der Waals surface area contributed by atoms with Gasteiger partial charge in [0.05, 0.1) is 29.3 Å². The average Bonchev–Trinajstić information content (AvgIpc) is 3.05. The van der Waals surface area contributed by atoms with E-state index in [0.29, 0.717) is 10.9 Å². The molecule has 1 fully saturated rings. The maximum Gasteiger partial charge on any atom is 0.164 e. The molecular formula is C19H18F2N2O2S2. The van der Waals surface area contributed by atoms with E-state index in [1.165, 1.54) is 23.9 Å². The molecule has 142 valence electrons. The molecular weight excluding hydrogens is 390 g/mol. The number of benzene rings is 2. The summed E-state index contributed by atoms with van der Waals surface area (Å²) in [4.78, 5) is 6.20. The van der Waals surface area contributed by atoms with Crippen LogP contribution < -0.4 is 4.90 Å². The third-order valence-corrected chi connectivity index (χ3v) is 7.46. The molecule has 2 aromatic rings. The van der Waals surface area contributed by atoms with Crippen LogP contribution >= 0.6 is 11.8 Å². The van der Waals surface area contributed by atoms with Crippen LogP contribution in [0.1, 0.15) is 11.1 Å². The zero-order chi connectivity index (χ0) is 19.2. The van der Waals surface area contributed by atoms with Gasteiger partial charge in [-0.05, 0) is 24.6 Å². The topological polar surface area (TPSA) is 49.7 Å². The molecule has 27 heavy (non-hydrogen) atoms. The van der Waals surface area contributed by atoms with E-state index < -0.39 is 33.6 Å². The van der Waals surface area contributed by atoms with E-state index in [9.17, 15) is 17.2 Å². The number of nitrogens with zero attached hydrogens (tertiary/aromatic N) is 2. The maximum absolute atomic E-state index is 14.4. The van der Waals surface area contributed by atoms with Crippen LogP contribution in [-0.2, 0) is 15.6 Å². The molecule has 2 heterocycles. The third-order valence-electron chi connectivity index (χ3n) is 4.73. The van der Waals surface area contributed by atoms with Gasteiger partial charge in [-0.15, -0.1) is 0 Å². The summed E-state index contributed by atoms with van der Waals surface area (Å²) < 4.78 is 51.8. The number of aryl methyl sites for hydroxylation is 1. The number of hydrogen-bond acceptors (Lipinski definition) is 5. The fourth-order valence-electron chi connectivity index (χ4n) is 3.54. The summed E-state index contributed by atoms with van der Waals surface area (Å²) in [6, 6.07) is 10.5. The highest BCUT2D eigenvalue weighted by Gasteiger charge is 2.47. The molecule has 0 amide bonds. The van der Waals surface area contributed by atoms with E-state index in [0.717, 1.165) is 17.2 Å². The Kier molecular flexibility index (Phi) is 4.71. The lowest BCUT2D eigenvalue weighted by atomic mass is 10.1. The lowest BCUT2D eigenvalue weighted by molar-refractivity contribution is 0.577. The Morgan fingerprint density at radius 2 is 2.00 bits per heavy atom. The molecule has 0 bridgehead atoms. The number of sulfone groups is 1. The summed E-state index contributed by atoms with van der Waals surface area (Å²) in [5.74, 6) is -0.870. The molecule has 2 aromatic carbocycles. The fourth-order valence-corrected chi connectivity index (χ4v) is 6.44. The molecule has 0 aromatic heterocycles. The number of rotatable bonds is 3. The molecule has 2 atom stereocenters. The van der Waals surface area contributed by atoms with Gasteiger partial charge in [-0.3, -0.25) is 4.99 Å². The predicted molar refractivity (Wildman–Crippen MR) is 105 cm³/mol.